The molecule has 3 atom stereocenters. The lowest BCUT2D eigenvalue weighted by Gasteiger charge is -2.32. The molecule has 3 rings (SSSR count). The maximum Gasteiger partial charge on any atom is 0.158 e. The molecule has 0 saturated carbocycles. The lowest BCUT2D eigenvalue weighted by atomic mass is 9.98. The molecule has 20 heavy (non-hydrogen) atoms. The minimum absolute atomic E-state index is 0.236. The molecule has 3 aliphatic rings. The van der Waals surface area contributed by atoms with Crippen LogP contribution in [0, 0.1) is 0 Å². The Labute approximate surface area is 125 Å². The van der Waals surface area contributed by atoms with Crippen LogP contribution >= 0.6 is 11.9 Å². The van der Waals surface area contributed by atoms with E-state index < -0.39 is 6.17 Å². The van der Waals surface area contributed by atoms with Crippen molar-refractivity contribution in [2.45, 2.75) is 69.5 Å². The van der Waals surface area contributed by atoms with Gasteiger partial charge in [-0.15, -0.1) is 0 Å². The fourth-order valence-electron chi connectivity index (χ4n) is 3.13. The lowest BCUT2D eigenvalue weighted by Crippen LogP contribution is -2.26. The van der Waals surface area contributed by atoms with Crippen LogP contribution in [0.5, 0.6) is 0 Å². The Kier molecular flexibility index (Phi) is 4.72. The van der Waals surface area contributed by atoms with Crippen molar-refractivity contribution in [1.82, 2.24) is 4.31 Å². The molecule has 0 aromatic rings. The summed E-state index contributed by atoms with van der Waals surface area (Å²) in [4.78, 5) is 0. The highest BCUT2D eigenvalue weighted by atomic mass is 32.2. The first-order valence-electron chi connectivity index (χ1n) is 7.86. The third kappa shape index (κ3) is 3.40. The molecule has 0 aromatic carbocycles. The van der Waals surface area contributed by atoms with E-state index in [1.54, 1.807) is 0 Å². The van der Waals surface area contributed by atoms with Gasteiger partial charge in [-0.05, 0) is 75.5 Å². The van der Waals surface area contributed by atoms with E-state index in [4.69, 9.17) is 4.74 Å². The van der Waals surface area contributed by atoms with Gasteiger partial charge in [-0.3, -0.25) is 0 Å². The second-order valence-corrected chi connectivity index (χ2v) is 7.24. The van der Waals surface area contributed by atoms with Crippen LogP contribution in [-0.2, 0) is 4.74 Å². The molecule has 2 heterocycles. The van der Waals surface area contributed by atoms with Gasteiger partial charge in [0.25, 0.3) is 0 Å². The van der Waals surface area contributed by atoms with E-state index in [-0.39, 0.29) is 5.44 Å². The van der Waals surface area contributed by atoms with E-state index in [1.165, 1.54) is 25.0 Å². The maximum atomic E-state index is 13.4. The van der Waals surface area contributed by atoms with Gasteiger partial charge in [0, 0.05) is 12.6 Å². The molecule has 0 spiro atoms. The van der Waals surface area contributed by atoms with Crippen molar-refractivity contribution in [1.29, 1.82) is 0 Å². The third-order valence-electron chi connectivity index (χ3n) is 4.40. The molecular formula is C16H24FNOS. The van der Waals surface area contributed by atoms with Gasteiger partial charge in [0.15, 0.2) is 5.44 Å². The van der Waals surface area contributed by atoms with Crippen LogP contribution in [0.1, 0.15) is 51.9 Å². The number of halogens is 1. The van der Waals surface area contributed by atoms with Gasteiger partial charge in [0.2, 0.25) is 0 Å². The van der Waals surface area contributed by atoms with Crippen LogP contribution in [0.4, 0.5) is 4.39 Å². The van der Waals surface area contributed by atoms with Crippen molar-refractivity contribution in [2.24, 2.45) is 0 Å². The fourth-order valence-corrected chi connectivity index (χ4v) is 4.35. The highest BCUT2D eigenvalue weighted by Crippen LogP contribution is 2.38. The Morgan fingerprint density at radius 3 is 3.00 bits per heavy atom. The number of rotatable bonds is 2. The second-order valence-electron chi connectivity index (χ2n) is 6.03. The topological polar surface area (TPSA) is 12.5 Å². The number of fused-ring (bicyclic) bond motifs is 1. The molecule has 2 aliphatic heterocycles. The first-order chi connectivity index (χ1) is 9.72. The molecule has 0 aromatic heterocycles. The number of hydrogen-bond donors (Lipinski definition) is 0. The monoisotopic (exact) mass is 297 g/mol. The Hall–Kier alpha value is -0.480. The number of alkyl halides is 1. The molecule has 4 heteroatoms. The van der Waals surface area contributed by atoms with E-state index in [9.17, 15) is 4.39 Å². The van der Waals surface area contributed by atoms with Gasteiger partial charge < -0.3 is 4.74 Å². The number of ether oxygens (including phenoxy) is 1. The van der Waals surface area contributed by atoms with Gasteiger partial charge in [-0.2, -0.15) is 0 Å². The van der Waals surface area contributed by atoms with Crippen molar-refractivity contribution >= 4 is 11.9 Å². The minimum Gasteiger partial charge on any atom is -0.479 e. The normalized spacial score (nSPS) is 40.6. The van der Waals surface area contributed by atoms with Crippen molar-refractivity contribution < 1.29 is 9.13 Å². The van der Waals surface area contributed by atoms with E-state index >= 15 is 0 Å². The smallest absolute Gasteiger partial charge is 0.158 e. The van der Waals surface area contributed by atoms with Crippen LogP contribution in [0.25, 0.3) is 0 Å². The Morgan fingerprint density at radius 1 is 1.30 bits per heavy atom. The molecule has 0 radical (unpaired) electrons. The summed E-state index contributed by atoms with van der Waals surface area (Å²) in [6, 6.07) is 0.666. The molecule has 2 nitrogen and oxygen atoms in total. The van der Waals surface area contributed by atoms with Crippen molar-refractivity contribution in [2.75, 3.05) is 6.54 Å². The quantitative estimate of drug-likeness (QED) is 0.692. The lowest BCUT2D eigenvalue weighted by molar-refractivity contribution is 0.158. The summed E-state index contributed by atoms with van der Waals surface area (Å²) in [5.41, 5.74) is 1.46. The van der Waals surface area contributed by atoms with Gasteiger partial charge in [0.1, 0.15) is 11.9 Å². The molecule has 0 amide bonds. The molecule has 0 bridgehead atoms. The van der Waals surface area contributed by atoms with Crippen molar-refractivity contribution in [3.8, 4) is 0 Å². The summed E-state index contributed by atoms with van der Waals surface area (Å²) < 4.78 is 22.1. The Bertz CT molecular complexity index is 409. The second kappa shape index (κ2) is 6.52. The molecular weight excluding hydrogens is 273 g/mol. The van der Waals surface area contributed by atoms with Gasteiger partial charge in [-0.1, -0.05) is 6.08 Å². The van der Waals surface area contributed by atoms with Gasteiger partial charge in [-0.25, -0.2) is 8.70 Å². The number of hydrogen-bond acceptors (Lipinski definition) is 3. The summed E-state index contributed by atoms with van der Waals surface area (Å²) in [7, 11) is 0. The van der Waals surface area contributed by atoms with Gasteiger partial charge >= 0.3 is 0 Å². The van der Waals surface area contributed by atoms with Crippen LogP contribution in [0.15, 0.2) is 23.5 Å². The zero-order valence-corrected chi connectivity index (χ0v) is 13.0. The molecule has 3 unspecified atom stereocenters. The SMILES string of the molecule is CC1CCCN1SC1CCC2=C\CC(F)CC/C=C\2O1. The minimum atomic E-state index is -0.683. The standard InChI is InChI=1S/C16H24FNOS/c1-12-4-3-11-18(12)20-16-10-8-13-7-9-14(17)5-2-6-15(13)19-16/h6-7,12,14,16H,2-5,8-11H2,1H3/b13-7+,15-6+. The zero-order chi connectivity index (χ0) is 13.9. The largest absolute Gasteiger partial charge is 0.479 e. The van der Waals surface area contributed by atoms with Crippen LogP contribution in [0.3, 0.4) is 0 Å². The zero-order valence-electron chi connectivity index (χ0n) is 12.2. The average molecular weight is 297 g/mol. The fraction of sp³-hybridized carbons (Fsp3) is 0.750. The molecule has 0 N–H and O–H groups in total. The predicted octanol–water partition coefficient (Wildman–Crippen LogP) is 4.59. The average Bonchev–Trinajstić information content (AvgIpc) is 2.81. The molecule has 2 fully saturated rings. The first kappa shape index (κ1) is 14.5. The van der Waals surface area contributed by atoms with Crippen LogP contribution in [0.2, 0.25) is 0 Å². The first-order valence-corrected chi connectivity index (χ1v) is 8.70. The van der Waals surface area contributed by atoms with E-state index in [1.807, 2.05) is 11.9 Å². The van der Waals surface area contributed by atoms with Crippen LogP contribution < -0.4 is 0 Å². The van der Waals surface area contributed by atoms with E-state index in [2.05, 4.69) is 23.4 Å². The highest BCUT2D eigenvalue weighted by Gasteiger charge is 2.29. The highest BCUT2D eigenvalue weighted by molar-refractivity contribution is 7.97. The summed E-state index contributed by atoms with van der Waals surface area (Å²) in [5, 5.41) is 0. The Morgan fingerprint density at radius 2 is 2.20 bits per heavy atom. The van der Waals surface area contributed by atoms with Gasteiger partial charge in [0.05, 0.1) is 0 Å². The molecule has 2 saturated heterocycles. The summed E-state index contributed by atoms with van der Waals surface area (Å²) >= 11 is 1.87. The van der Waals surface area contributed by atoms with Crippen molar-refractivity contribution in [3.05, 3.63) is 23.5 Å². The number of nitrogens with zero attached hydrogens (tertiary/aromatic N) is 1. The number of allylic oxidation sites excluding steroid dienone is 3. The maximum absolute atomic E-state index is 13.4. The Balaban J connectivity index is 1.61. The summed E-state index contributed by atoms with van der Waals surface area (Å²) in [5.74, 6) is 1.02. The summed E-state index contributed by atoms with van der Waals surface area (Å²) in [6.45, 7) is 3.47. The molecule has 1 aliphatic carbocycles. The van der Waals surface area contributed by atoms with Crippen molar-refractivity contribution in [3.63, 3.8) is 0 Å². The third-order valence-corrected chi connectivity index (χ3v) is 5.78. The van der Waals surface area contributed by atoms with E-state index in [0.717, 1.165) is 25.0 Å². The molecule has 112 valence electrons. The van der Waals surface area contributed by atoms with Crippen LogP contribution in [-0.4, -0.2) is 28.5 Å². The summed E-state index contributed by atoms with van der Waals surface area (Å²) in [6.07, 6.45) is 10.1. The predicted molar refractivity (Wildman–Crippen MR) is 82.0 cm³/mol. The van der Waals surface area contributed by atoms with E-state index in [0.29, 0.717) is 18.9 Å².